The minimum Gasteiger partial charge on any atom is -0.393 e. The summed E-state index contributed by atoms with van der Waals surface area (Å²) in [5.74, 6) is 0. The van der Waals surface area contributed by atoms with E-state index in [0.717, 1.165) is 32.1 Å². The van der Waals surface area contributed by atoms with Gasteiger partial charge in [-0.1, -0.05) is 6.92 Å². The first-order valence-electron chi connectivity index (χ1n) is 5.62. The van der Waals surface area contributed by atoms with Crippen LogP contribution in [0.2, 0.25) is 0 Å². The maximum atomic E-state index is 9.45. The summed E-state index contributed by atoms with van der Waals surface area (Å²) < 4.78 is 3.37. The van der Waals surface area contributed by atoms with Crippen molar-refractivity contribution in [3.8, 4) is 0 Å². The average Bonchev–Trinajstić information content (AvgIpc) is 2.61. The highest BCUT2D eigenvalue weighted by atomic mass is 127. The van der Waals surface area contributed by atoms with Crippen LogP contribution in [0.25, 0.3) is 0 Å². The molecule has 0 spiro atoms. The van der Waals surface area contributed by atoms with Crippen molar-refractivity contribution < 1.29 is 5.11 Å². The molecule has 4 heteroatoms. The highest BCUT2D eigenvalue weighted by Crippen LogP contribution is 2.28. The SMILES string of the molecule is CCc1nn([C@H]2CC[C@H](O)CC2)cc1I. The second-order valence-corrected chi connectivity index (χ2v) is 5.38. The lowest BCUT2D eigenvalue weighted by atomic mass is 9.93. The summed E-state index contributed by atoms with van der Waals surface area (Å²) in [7, 11) is 0. The summed E-state index contributed by atoms with van der Waals surface area (Å²) in [6.07, 6.45) is 7.01. The van der Waals surface area contributed by atoms with Crippen LogP contribution >= 0.6 is 22.6 Å². The monoisotopic (exact) mass is 320 g/mol. The van der Waals surface area contributed by atoms with Crippen molar-refractivity contribution in [1.29, 1.82) is 0 Å². The first-order chi connectivity index (χ1) is 7.20. The zero-order chi connectivity index (χ0) is 10.8. The van der Waals surface area contributed by atoms with Crippen molar-refractivity contribution in [2.45, 2.75) is 51.2 Å². The van der Waals surface area contributed by atoms with Gasteiger partial charge in [0.15, 0.2) is 0 Å². The van der Waals surface area contributed by atoms with E-state index in [4.69, 9.17) is 0 Å². The van der Waals surface area contributed by atoms with Crippen molar-refractivity contribution >= 4 is 22.6 Å². The number of aryl methyl sites for hydroxylation is 1. The first-order valence-corrected chi connectivity index (χ1v) is 6.70. The number of hydrogen-bond donors (Lipinski definition) is 1. The second-order valence-electron chi connectivity index (χ2n) is 4.22. The Morgan fingerprint density at radius 1 is 1.47 bits per heavy atom. The zero-order valence-electron chi connectivity index (χ0n) is 8.99. The summed E-state index contributed by atoms with van der Waals surface area (Å²) in [5.41, 5.74) is 1.20. The predicted octanol–water partition coefficient (Wildman–Crippen LogP) is 2.53. The van der Waals surface area contributed by atoms with Gasteiger partial charge in [-0.3, -0.25) is 4.68 Å². The van der Waals surface area contributed by atoms with Gasteiger partial charge in [-0.15, -0.1) is 0 Å². The van der Waals surface area contributed by atoms with Crippen LogP contribution in [0, 0.1) is 3.57 Å². The molecule has 15 heavy (non-hydrogen) atoms. The molecule has 0 saturated heterocycles. The van der Waals surface area contributed by atoms with E-state index >= 15 is 0 Å². The van der Waals surface area contributed by atoms with Gasteiger partial charge in [-0.25, -0.2) is 0 Å². The van der Waals surface area contributed by atoms with Gasteiger partial charge in [0.25, 0.3) is 0 Å². The van der Waals surface area contributed by atoms with Gasteiger partial charge < -0.3 is 5.11 Å². The summed E-state index contributed by atoms with van der Waals surface area (Å²) in [6, 6.07) is 0.502. The molecule has 0 amide bonds. The molecule has 3 nitrogen and oxygen atoms in total. The van der Waals surface area contributed by atoms with Crippen LogP contribution in [-0.2, 0) is 6.42 Å². The molecule has 1 N–H and O–H groups in total. The Morgan fingerprint density at radius 3 is 2.67 bits per heavy atom. The van der Waals surface area contributed by atoms with E-state index in [9.17, 15) is 5.11 Å². The van der Waals surface area contributed by atoms with E-state index in [2.05, 4.69) is 45.5 Å². The lowest BCUT2D eigenvalue weighted by Gasteiger charge is -2.25. The van der Waals surface area contributed by atoms with E-state index in [0.29, 0.717) is 6.04 Å². The van der Waals surface area contributed by atoms with Crippen molar-refractivity contribution in [3.63, 3.8) is 0 Å². The third-order valence-electron chi connectivity index (χ3n) is 3.13. The largest absolute Gasteiger partial charge is 0.393 e. The van der Waals surface area contributed by atoms with Crippen molar-refractivity contribution in [2.24, 2.45) is 0 Å². The van der Waals surface area contributed by atoms with Gasteiger partial charge >= 0.3 is 0 Å². The summed E-state index contributed by atoms with van der Waals surface area (Å²) in [6.45, 7) is 2.14. The summed E-state index contributed by atoms with van der Waals surface area (Å²) >= 11 is 2.35. The lowest BCUT2D eigenvalue weighted by molar-refractivity contribution is 0.108. The van der Waals surface area contributed by atoms with Crippen molar-refractivity contribution in [1.82, 2.24) is 9.78 Å². The fraction of sp³-hybridized carbons (Fsp3) is 0.727. The van der Waals surface area contributed by atoms with Crippen LogP contribution in [-0.4, -0.2) is 21.0 Å². The number of aromatic nitrogens is 2. The molecule has 0 atom stereocenters. The molecular formula is C11H17IN2O. The molecule has 0 aromatic carbocycles. The van der Waals surface area contributed by atoms with E-state index < -0.39 is 0 Å². The van der Waals surface area contributed by atoms with Gasteiger partial charge in [0.2, 0.25) is 0 Å². The van der Waals surface area contributed by atoms with E-state index in [-0.39, 0.29) is 6.10 Å². The number of aliphatic hydroxyl groups is 1. The third-order valence-corrected chi connectivity index (χ3v) is 4.03. The average molecular weight is 320 g/mol. The molecule has 1 aromatic heterocycles. The third kappa shape index (κ3) is 2.53. The smallest absolute Gasteiger partial charge is 0.0755 e. The van der Waals surface area contributed by atoms with Crippen LogP contribution in [0.4, 0.5) is 0 Å². The van der Waals surface area contributed by atoms with Crippen LogP contribution in [0.3, 0.4) is 0 Å². The van der Waals surface area contributed by atoms with Gasteiger partial charge in [-0.05, 0) is 54.7 Å². The molecule has 2 rings (SSSR count). The number of halogens is 1. The molecule has 0 unspecified atom stereocenters. The fourth-order valence-electron chi connectivity index (χ4n) is 2.16. The molecule has 84 valence electrons. The van der Waals surface area contributed by atoms with E-state index in [1.54, 1.807) is 0 Å². The van der Waals surface area contributed by atoms with Gasteiger partial charge in [0.05, 0.1) is 21.4 Å². The number of hydrogen-bond acceptors (Lipinski definition) is 2. The van der Waals surface area contributed by atoms with E-state index in [1.807, 2.05) is 0 Å². The Morgan fingerprint density at radius 2 is 2.13 bits per heavy atom. The second kappa shape index (κ2) is 4.82. The van der Waals surface area contributed by atoms with Crippen molar-refractivity contribution in [2.75, 3.05) is 0 Å². The molecule has 0 radical (unpaired) electrons. The molecule has 1 aliphatic rings. The van der Waals surface area contributed by atoms with Crippen molar-refractivity contribution in [3.05, 3.63) is 15.5 Å². The maximum Gasteiger partial charge on any atom is 0.0755 e. The van der Waals surface area contributed by atoms with Gasteiger partial charge in [-0.2, -0.15) is 5.10 Å². The number of aliphatic hydroxyl groups excluding tert-OH is 1. The Bertz CT molecular complexity index is 329. The Hall–Kier alpha value is -0.100. The van der Waals surface area contributed by atoms with Gasteiger partial charge in [0.1, 0.15) is 0 Å². The maximum absolute atomic E-state index is 9.45. The Labute approximate surface area is 104 Å². The van der Waals surface area contributed by atoms with Gasteiger partial charge in [0, 0.05) is 6.20 Å². The molecule has 1 heterocycles. The number of nitrogens with zero attached hydrogens (tertiary/aromatic N) is 2. The normalized spacial score (nSPS) is 26.9. The van der Waals surface area contributed by atoms with Crippen LogP contribution in [0.15, 0.2) is 6.20 Å². The molecule has 0 aliphatic heterocycles. The molecular weight excluding hydrogens is 303 g/mol. The standard InChI is InChI=1S/C11H17IN2O/c1-2-11-10(12)7-14(13-11)8-3-5-9(15)6-4-8/h7-9,15H,2-6H2,1H3/t8-,9-. The molecule has 1 aromatic rings. The van der Waals surface area contributed by atoms with Crippen LogP contribution in [0.5, 0.6) is 0 Å². The summed E-state index contributed by atoms with van der Waals surface area (Å²) in [5, 5.41) is 14.1. The fourth-order valence-corrected chi connectivity index (χ4v) is 2.93. The first kappa shape index (κ1) is 11.4. The lowest BCUT2D eigenvalue weighted by Crippen LogP contribution is -2.21. The van der Waals surface area contributed by atoms with E-state index in [1.165, 1.54) is 9.26 Å². The molecule has 1 fully saturated rings. The summed E-state index contributed by atoms with van der Waals surface area (Å²) in [4.78, 5) is 0. The highest BCUT2D eigenvalue weighted by Gasteiger charge is 2.21. The minimum atomic E-state index is -0.0819. The highest BCUT2D eigenvalue weighted by molar-refractivity contribution is 14.1. The molecule has 1 saturated carbocycles. The topological polar surface area (TPSA) is 38.0 Å². The Kier molecular flexibility index (Phi) is 3.66. The predicted molar refractivity (Wildman–Crippen MR) is 67.8 cm³/mol. The number of rotatable bonds is 2. The quantitative estimate of drug-likeness (QED) is 0.851. The molecule has 0 bridgehead atoms. The van der Waals surface area contributed by atoms with Crippen LogP contribution < -0.4 is 0 Å². The minimum absolute atomic E-state index is 0.0819. The van der Waals surface area contributed by atoms with Crippen LogP contribution in [0.1, 0.15) is 44.3 Å². The molecule has 1 aliphatic carbocycles. The zero-order valence-corrected chi connectivity index (χ0v) is 11.1. The Balaban J connectivity index is 2.09.